The average Bonchev–Trinajstić information content (AvgIpc) is 3.14. The fraction of sp³-hybridized carbons (Fsp3) is 0.526. The maximum absolute atomic E-state index is 12.4. The van der Waals surface area contributed by atoms with E-state index in [2.05, 4.69) is 53.5 Å². The number of piperidine rings is 1. The Morgan fingerprint density at radius 3 is 2.80 bits per heavy atom. The summed E-state index contributed by atoms with van der Waals surface area (Å²) in [4.78, 5) is 18.3. The van der Waals surface area contributed by atoms with Crippen molar-refractivity contribution >= 4 is 11.6 Å². The first kappa shape index (κ1) is 17.5. The van der Waals surface area contributed by atoms with Gasteiger partial charge in [-0.05, 0) is 36.5 Å². The highest BCUT2D eigenvalue weighted by atomic mass is 16.2. The van der Waals surface area contributed by atoms with Gasteiger partial charge in [-0.25, -0.2) is 4.98 Å². The number of carbonyl (C=O) groups excluding carboxylic acids is 1. The van der Waals surface area contributed by atoms with Crippen molar-refractivity contribution in [1.29, 1.82) is 0 Å². The number of hydrogen-bond acceptors (Lipinski definition) is 4. The molecule has 3 rings (SSSR count). The van der Waals surface area contributed by atoms with Gasteiger partial charge in [0.05, 0.1) is 6.54 Å². The molecular formula is C19H27N5O. The number of amides is 1. The van der Waals surface area contributed by atoms with E-state index in [-0.39, 0.29) is 5.91 Å². The standard InChI is InChI=1S/C19H27N5O/c1-15(2)16-5-7-17(8-6-16)22-18-4-3-10-23(12-18)19(25)9-11-24-14-20-13-21-24/h5-8,13-15,18,22H,3-4,9-12H2,1-2H3. The number of anilines is 1. The third-order valence-corrected chi connectivity index (χ3v) is 4.74. The van der Waals surface area contributed by atoms with Crippen LogP contribution in [-0.4, -0.2) is 44.7 Å². The molecule has 0 saturated carbocycles. The van der Waals surface area contributed by atoms with Gasteiger partial charge in [0.15, 0.2) is 0 Å². The van der Waals surface area contributed by atoms with Crippen molar-refractivity contribution < 1.29 is 4.79 Å². The van der Waals surface area contributed by atoms with Crippen molar-refractivity contribution in [1.82, 2.24) is 19.7 Å². The molecule has 1 N–H and O–H groups in total. The Labute approximate surface area is 149 Å². The molecule has 1 fully saturated rings. The molecule has 0 spiro atoms. The molecule has 1 aliphatic rings. The van der Waals surface area contributed by atoms with Gasteiger partial charge in [0.2, 0.25) is 5.91 Å². The normalized spacial score (nSPS) is 17.7. The average molecular weight is 341 g/mol. The number of carbonyl (C=O) groups is 1. The third-order valence-electron chi connectivity index (χ3n) is 4.74. The number of nitrogens with one attached hydrogen (secondary N) is 1. The highest BCUT2D eigenvalue weighted by Crippen LogP contribution is 2.20. The van der Waals surface area contributed by atoms with E-state index in [0.29, 0.717) is 24.9 Å². The summed E-state index contributed by atoms with van der Waals surface area (Å²) >= 11 is 0. The predicted molar refractivity (Wildman–Crippen MR) is 98.4 cm³/mol. The fourth-order valence-electron chi connectivity index (χ4n) is 3.24. The summed E-state index contributed by atoms with van der Waals surface area (Å²) in [5.74, 6) is 0.735. The van der Waals surface area contributed by atoms with Gasteiger partial charge in [0.25, 0.3) is 0 Å². The lowest BCUT2D eigenvalue weighted by atomic mass is 10.0. The quantitative estimate of drug-likeness (QED) is 0.877. The maximum Gasteiger partial charge on any atom is 0.224 e. The Hall–Kier alpha value is -2.37. The molecule has 1 aromatic carbocycles. The minimum Gasteiger partial charge on any atom is -0.381 e. The zero-order chi connectivity index (χ0) is 17.6. The van der Waals surface area contributed by atoms with Gasteiger partial charge in [-0.2, -0.15) is 5.10 Å². The van der Waals surface area contributed by atoms with E-state index < -0.39 is 0 Å². The molecule has 1 aromatic heterocycles. The van der Waals surface area contributed by atoms with Crippen LogP contribution < -0.4 is 5.32 Å². The van der Waals surface area contributed by atoms with Crippen LogP contribution in [0.1, 0.15) is 44.6 Å². The Kier molecular flexibility index (Phi) is 5.68. The van der Waals surface area contributed by atoms with Crippen LogP contribution in [0.15, 0.2) is 36.9 Å². The number of nitrogens with zero attached hydrogens (tertiary/aromatic N) is 4. The summed E-state index contributed by atoms with van der Waals surface area (Å²) in [6.45, 7) is 6.60. The first-order valence-electron chi connectivity index (χ1n) is 9.08. The van der Waals surface area contributed by atoms with Gasteiger partial charge in [0, 0.05) is 31.2 Å². The first-order chi connectivity index (χ1) is 12.1. The van der Waals surface area contributed by atoms with Gasteiger partial charge >= 0.3 is 0 Å². The van der Waals surface area contributed by atoms with E-state index in [1.54, 1.807) is 11.0 Å². The van der Waals surface area contributed by atoms with Crippen molar-refractivity contribution in [2.24, 2.45) is 0 Å². The van der Waals surface area contributed by atoms with Crippen LogP contribution in [0.5, 0.6) is 0 Å². The number of hydrogen-bond donors (Lipinski definition) is 1. The second-order valence-electron chi connectivity index (χ2n) is 7.01. The van der Waals surface area contributed by atoms with Crippen LogP contribution in [0.4, 0.5) is 5.69 Å². The van der Waals surface area contributed by atoms with Crippen LogP contribution in [0.2, 0.25) is 0 Å². The molecule has 0 radical (unpaired) electrons. The van der Waals surface area contributed by atoms with Crippen LogP contribution in [0.25, 0.3) is 0 Å². The number of aryl methyl sites for hydroxylation is 1. The summed E-state index contributed by atoms with van der Waals surface area (Å²) in [5, 5.41) is 7.63. The molecule has 1 aliphatic heterocycles. The molecule has 2 aromatic rings. The minimum atomic E-state index is 0.192. The second kappa shape index (κ2) is 8.14. The van der Waals surface area contributed by atoms with E-state index in [4.69, 9.17) is 0 Å². The van der Waals surface area contributed by atoms with E-state index in [9.17, 15) is 4.79 Å². The summed E-state index contributed by atoms with van der Waals surface area (Å²) in [6.07, 6.45) is 5.75. The van der Waals surface area contributed by atoms with Crippen LogP contribution >= 0.6 is 0 Å². The third kappa shape index (κ3) is 4.81. The Bertz CT molecular complexity index is 666. The smallest absolute Gasteiger partial charge is 0.224 e. The highest BCUT2D eigenvalue weighted by molar-refractivity contribution is 5.76. The molecule has 1 amide bonds. The molecule has 1 saturated heterocycles. The summed E-state index contributed by atoms with van der Waals surface area (Å²) in [6, 6.07) is 8.95. The summed E-state index contributed by atoms with van der Waals surface area (Å²) in [5.41, 5.74) is 2.48. The second-order valence-corrected chi connectivity index (χ2v) is 7.01. The lowest BCUT2D eigenvalue weighted by Gasteiger charge is -2.34. The maximum atomic E-state index is 12.4. The van der Waals surface area contributed by atoms with Gasteiger partial charge in [-0.3, -0.25) is 9.48 Å². The lowest BCUT2D eigenvalue weighted by molar-refractivity contribution is -0.132. The van der Waals surface area contributed by atoms with Gasteiger partial charge in [-0.15, -0.1) is 0 Å². The highest BCUT2D eigenvalue weighted by Gasteiger charge is 2.23. The summed E-state index contributed by atoms with van der Waals surface area (Å²) < 4.78 is 1.70. The monoisotopic (exact) mass is 341 g/mol. The van der Waals surface area contributed by atoms with Crippen molar-refractivity contribution in [3.8, 4) is 0 Å². The van der Waals surface area contributed by atoms with E-state index in [1.807, 2.05) is 4.90 Å². The number of aromatic nitrogens is 3. The molecule has 1 atom stereocenters. The van der Waals surface area contributed by atoms with Gasteiger partial charge in [-0.1, -0.05) is 26.0 Å². The molecule has 0 bridgehead atoms. The molecule has 1 unspecified atom stereocenters. The largest absolute Gasteiger partial charge is 0.381 e. The van der Waals surface area contributed by atoms with Gasteiger partial charge < -0.3 is 10.2 Å². The first-order valence-corrected chi connectivity index (χ1v) is 9.08. The Morgan fingerprint density at radius 1 is 1.32 bits per heavy atom. The van der Waals surface area contributed by atoms with E-state index in [0.717, 1.165) is 31.6 Å². The van der Waals surface area contributed by atoms with Crippen molar-refractivity contribution in [2.75, 3.05) is 18.4 Å². The molecule has 134 valence electrons. The van der Waals surface area contributed by atoms with E-state index in [1.165, 1.54) is 11.9 Å². The van der Waals surface area contributed by atoms with Crippen molar-refractivity contribution in [3.63, 3.8) is 0 Å². The van der Waals surface area contributed by atoms with Crippen molar-refractivity contribution in [3.05, 3.63) is 42.5 Å². The van der Waals surface area contributed by atoms with Crippen molar-refractivity contribution in [2.45, 2.75) is 51.6 Å². The number of benzene rings is 1. The topological polar surface area (TPSA) is 63.1 Å². The van der Waals surface area contributed by atoms with Crippen LogP contribution in [0.3, 0.4) is 0 Å². The zero-order valence-electron chi connectivity index (χ0n) is 15.1. The zero-order valence-corrected chi connectivity index (χ0v) is 15.1. The Balaban J connectivity index is 1.51. The number of rotatable bonds is 6. The Morgan fingerprint density at radius 2 is 2.12 bits per heavy atom. The molecular weight excluding hydrogens is 314 g/mol. The molecule has 25 heavy (non-hydrogen) atoms. The molecule has 6 heteroatoms. The molecule has 0 aliphatic carbocycles. The van der Waals surface area contributed by atoms with Crippen LogP contribution in [-0.2, 0) is 11.3 Å². The van der Waals surface area contributed by atoms with E-state index >= 15 is 0 Å². The molecule has 6 nitrogen and oxygen atoms in total. The summed E-state index contributed by atoms with van der Waals surface area (Å²) in [7, 11) is 0. The lowest BCUT2D eigenvalue weighted by Crippen LogP contribution is -2.45. The fourth-order valence-corrected chi connectivity index (χ4v) is 3.24. The minimum absolute atomic E-state index is 0.192. The number of likely N-dealkylation sites (tertiary alicyclic amines) is 1. The van der Waals surface area contributed by atoms with Gasteiger partial charge in [0.1, 0.15) is 12.7 Å². The SMILES string of the molecule is CC(C)c1ccc(NC2CCCN(C(=O)CCn3cncn3)C2)cc1. The van der Waals surface area contributed by atoms with Crippen LogP contribution in [0, 0.1) is 0 Å². The predicted octanol–water partition coefficient (Wildman–Crippen LogP) is 2.89. The molecule has 2 heterocycles.